The minimum absolute atomic E-state index is 0.0911. The Kier molecular flexibility index (Phi) is 4.93. The predicted molar refractivity (Wildman–Crippen MR) is 88.7 cm³/mol. The number of nitrogen functional groups attached to an aromatic ring is 1. The third-order valence-electron chi connectivity index (χ3n) is 2.98. The Morgan fingerprint density at radius 1 is 1.19 bits per heavy atom. The number of sulfonamides is 1. The molecule has 0 bridgehead atoms. The van der Waals surface area contributed by atoms with Crippen molar-refractivity contribution in [3.05, 3.63) is 57.5 Å². The quantitative estimate of drug-likeness (QED) is 0.783. The van der Waals surface area contributed by atoms with Crippen LogP contribution in [0.5, 0.6) is 0 Å². The van der Waals surface area contributed by atoms with Crippen molar-refractivity contribution in [2.24, 2.45) is 0 Å². The molecule has 0 aliphatic rings. The first-order valence-electron chi connectivity index (χ1n) is 6.12. The molecule has 2 aromatic rings. The Labute approximate surface area is 137 Å². The summed E-state index contributed by atoms with van der Waals surface area (Å²) in [7, 11) is -3.66. The molecule has 2 aromatic carbocycles. The van der Waals surface area contributed by atoms with Crippen LogP contribution in [0.4, 0.5) is 5.69 Å². The van der Waals surface area contributed by atoms with Crippen LogP contribution in [0.25, 0.3) is 0 Å². The lowest BCUT2D eigenvalue weighted by Crippen LogP contribution is -2.27. The molecule has 7 heteroatoms. The van der Waals surface area contributed by atoms with Crippen LogP contribution in [0.1, 0.15) is 18.5 Å². The molecule has 3 N–H and O–H groups in total. The molecule has 0 saturated heterocycles. The van der Waals surface area contributed by atoms with E-state index >= 15 is 0 Å². The zero-order valence-corrected chi connectivity index (χ0v) is 14.3. The van der Waals surface area contributed by atoms with Gasteiger partial charge in [-0.2, -0.15) is 0 Å². The second-order valence-corrected chi connectivity index (χ2v) is 7.61. The molecule has 0 saturated carbocycles. The fraction of sp³-hybridized carbons (Fsp3) is 0.143. The van der Waals surface area contributed by atoms with Gasteiger partial charge in [0.1, 0.15) is 0 Å². The third kappa shape index (κ3) is 3.97. The van der Waals surface area contributed by atoms with Gasteiger partial charge in [-0.15, -0.1) is 0 Å². The first-order valence-corrected chi connectivity index (χ1v) is 8.78. The van der Waals surface area contributed by atoms with Crippen LogP contribution in [-0.4, -0.2) is 8.42 Å². The number of anilines is 1. The maximum absolute atomic E-state index is 12.3. The van der Waals surface area contributed by atoms with Crippen molar-refractivity contribution in [2.75, 3.05) is 5.73 Å². The molecular weight excluding hydrogens is 376 g/mol. The van der Waals surface area contributed by atoms with Crippen LogP contribution >= 0.6 is 27.5 Å². The van der Waals surface area contributed by atoms with Gasteiger partial charge in [0.2, 0.25) is 10.0 Å². The first-order chi connectivity index (χ1) is 9.79. The zero-order valence-electron chi connectivity index (χ0n) is 11.2. The average Bonchev–Trinajstić information content (AvgIpc) is 2.42. The Morgan fingerprint density at radius 2 is 1.81 bits per heavy atom. The highest BCUT2D eigenvalue weighted by Crippen LogP contribution is 2.24. The molecule has 0 heterocycles. The predicted octanol–water partition coefficient (Wildman–Crippen LogP) is 3.72. The van der Waals surface area contributed by atoms with E-state index in [-0.39, 0.29) is 16.6 Å². The Morgan fingerprint density at radius 3 is 2.38 bits per heavy atom. The van der Waals surface area contributed by atoms with Crippen LogP contribution in [0, 0.1) is 0 Å². The fourth-order valence-corrected chi connectivity index (χ4v) is 3.46. The van der Waals surface area contributed by atoms with Crippen molar-refractivity contribution >= 4 is 43.2 Å². The van der Waals surface area contributed by atoms with Gasteiger partial charge in [-0.25, -0.2) is 13.1 Å². The monoisotopic (exact) mass is 388 g/mol. The van der Waals surface area contributed by atoms with Crippen LogP contribution < -0.4 is 10.5 Å². The van der Waals surface area contributed by atoms with Gasteiger partial charge >= 0.3 is 0 Å². The molecule has 0 amide bonds. The SMILES string of the molecule is C[C@H](NS(=O)(=O)c1ccc(Cl)c(N)c1)c1ccc(Br)cc1. The van der Waals surface area contributed by atoms with Gasteiger partial charge in [0.05, 0.1) is 15.6 Å². The fourth-order valence-electron chi connectivity index (χ4n) is 1.81. The summed E-state index contributed by atoms with van der Waals surface area (Å²) >= 11 is 9.14. The minimum Gasteiger partial charge on any atom is -0.397 e. The second kappa shape index (κ2) is 6.36. The molecule has 0 aliphatic carbocycles. The summed E-state index contributed by atoms with van der Waals surface area (Å²) in [5, 5.41) is 0.329. The molecule has 112 valence electrons. The number of nitrogens with two attached hydrogens (primary N) is 1. The van der Waals surface area contributed by atoms with E-state index < -0.39 is 10.0 Å². The standard InChI is InChI=1S/C14H14BrClN2O2S/c1-9(10-2-4-11(15)5-3-10)18-21(19,20)12-6-7-13(16)14(17)8-12/h2-9,18H,17H2,1H3/t9-/m0/s1. The lowest BCUT2D eigenvalue weighted by atomic mass is 10.1. The van der Waals surface area contributed by atoms with Crippen molar-refractivity contribution in [1.29, 1.82) is 0 Å². The second-order valence-electron chi connectivity index (χ2n) is 4.58. The highest BCUT2D eigenvalue weighted by molar-refractivity contribution is 9.10. The zero-order chi connectivity index (χ0) is 15.6. The summed E-state index contributed by atoms with van der Waals surface area (Å²) in [4.78, 5) is 0.0911. The van der Waals surface area contributed by atoms with Gasteiger partial charge in [-0.05, 0) is 42.8 Å². The van der Waals surface area contributed by atoms with E-state index in [0.717, 1.165) is 10.0 Å². The van der Waals surface area contributed by atoms with Gasteiger partial charge in [-0.3, -0.25) is 0 Å². The van der Waals surface area contributed by atoms with Crippen LogP contribution in [-0.2, 0) is 10.0 Å². The topological polar surface area (TPSA) is 72.2 Å². The number of nitrogens with one attached hydrogen (secondary N) is 1. The van der Waals surface area contributed by atoms with Crippen LogP contribution in [0.2, 0.25) is 5.02 Å². The van der Waals surface area contributed by atoms with Crippen molar-refractivity contribution in [3.8, 4) is 0 Å². The van der Waals surface area contributed by atoms with Gasteiger partial charge < -0.3 is 5.73 Å². The van der Waals surface area contributed by atoms with Crippen molar-refractivity contribution in [1.82, 2.24) is 4.72 Å². The van der Waals surface area contributed by atoms with E-state index in [1.165, 1.54) is 18.2 Å². The van der Waals surface area contributed by atoms with E-state index in [1.54, 1.807) is 6.92 Å². The van der Waals surface area contributed by atoms with Crippen LogP contribution in [0.3, 0.4) is 0 Å². The van der Waals surface area contributed by atoms with E-state index in [4.69, 9.17) is 17.3 Å². The Hall–Kier alpha value is -1.08. The highest BCUT2D eigenvalue weighted by atomic mass is 79.9. The van der Waals surface area contributed by atoms with E-state index in [9.17, 15) is 8.42 Å². The van der Waals surface area contributed by atoms with Gasteiger partial charge in [0.15, 0.2) is 0 Å². The Bertz CT molecular complexity index is 748. The van der Waals surface area contributed by atoms with Crippen molar-refractivity contribution < 1.29 is 8.42 Å². The number of benzene rings is 2. The smallest absolute Gasteiger partial charge is 0.241 e. The van der Waals surface area contributed by atoms with Gasteiger partial charge in [0, 0.05) is 10.5 Å². The summed E-state index contributed by atoms with van der Waals surface area (Å²) in [6.07, 6.45) is 0. The molecule has 2 rings (SSSR count). The molecule has 0 unspecified atom stereocenters. The summed E-state index contributed by atoms with van der Waals surface area (Å²) < 4.78 is 28.2. The molecule has 0 aliphatic heterocycles. The summed E-state index contributed by atoms with van der Waals surface area (Å²) in [6.45, 7) is 1.78. The van der Waals surface area contributed by atoms with E-state index in [0.29, 0.717) is 5.02 Å². The molecular formula is C14H14BrClN2O2S. The Balaban J connectivity index is 2.24. The molecule has 1 atom stereocenters. The first kappa shape index (κ1) is 16.3. The summed E-state index contributed by atoms with van der Waals surface area (Å²) in [6, 6.07) is 11.3. The highest BCUT2D eigenvalue weighted by Gasteiger charge is 2.19. The number of halogens is 2. The lowest BCUT2D eigenvalue weighted by molar-refractivity contribution is 0.567. The third-order valence-corrected chi connectivity index (χ3v) is 5.39. The average molecular weight is 390 g/mol. The maximum atomic E-state index is 12.3. The number of hydrogen-bond donors (Lipinski definition) is 2. The minimum atomic E-state index is -3.66. The lowest BCUT2D eigenvalue weighted by Gasteiger charge is -2.15. The van der Waals surface area contributed by atoms with E-state index in [2.05, 4.69) is 20.7 Å². The summed E-state index contributed by atoms with van der Waals surface area (Å²) in [5.74, 6) is 0. The number of rotatable bonds is 4. The molecule has 0 radical (unpaired) electrons. The van der Waals surface area contributed by atoms with E-state index in [1.807, 2.05) is 24.3 Å². The molecule has 0 spiro atoms. The molecule has 4 nitrogen and oxygen atoms in total. The van der Waals surface area contributed by atoms with Crippen molar-refractivity contribution in [2.45, 2.75) is 17.9 Å². The normalized spacial score (nSPS) is 13.1. The van der Waals surface area contributed by atoms with Crippen LogP contribution in [0.15, 0.2) is 51.8 Å². The summed E-state index contributed by atoms with van der Waals surface area (Å²) in [5.41, 5.74) is 6.74. The number of hydrogen-bond acceptors (Lipinski definition) is 3. The molecule has 0 fully saturated rings. The largest absolute Gasteiger partial charge is 0.397 e. The van der Waals surface area contributed by atoms with Crippen molar-refractivity contribution in [3.63, 3.8) is 0 Å². The molecule has 0 aromatic heterocycles. The molecule has 21 heavy (non-hydrogen) atoms. The van der Waals surface area contributed by atoms with Gasteiger partial charge in [0.25, 0.3) is 0 Å². The van der Waals surface area contributed by atoms with Gasteiger partial charge in [-0.1, -0.05) is 39.7 Å². The maximum Gasteiger partial charge on any atom is 0.241 e.